The summed E-state index contributed by atoms with van der Waals surface area (Å²) in [5, 5.41) is 14.9. The fraction of sp³-hybridized carbons (Fsp3) is 0.500. The molecule has 0 spiro atoms. The molecule has 2 unspecified atom stereocenters. The minimum absolute atomic E-state index is 0.0731. The lowest BCUT2D eigenvalue weighted by Crippen LogP contribution is -2.19. The van der Waals surface area contributed by atoms with E-state index in [-0.39, 0.29) is 11.7 Å². The number of rotatable bonds is 6. The Labute approximate surface area is 112 Å². The summed E-state index contributed by atoms with van der Waals surface area (Å²) in [5.41, 5.74) is 6.69. The van der Waals surface area contributed by atoms with Gasteiger partial charge >= 0.3 is 0 Å². The molecule has 0 saturated heterocycles. The van der Waals surface area contributed by atoms with Crippen molar-refractivity contribution in [3.8, 4) is 0 Å². The third kappa shape index (κ3) is 3.67. The van der Waals surface area contributed by atoms with Gasteiger partial charge in [0, 0.05) is 18.2 Å². The molecule has 1 aromatic carbocycles. The van der Waals surface area contributed by atoms with Gasteiger partial charge in [-0.1, -0.05) is 18.5 Å². The van der Waals surface area contributed by atoms with Gasteiger partial charge in [-0.3, -0.25) is 0 Å². The van der Waals surface area contributed by atoms with E-state index in [9.17, 15) is 4.39 Å². The molecule has 0 amide bonds. The first-order chi connectivity index (χ1) is 9.13. The van der Waals surface area contributed by atoms with Crippen LogP contribution in [0, 0.1) is 11.7 Å². The molecule has 0 heterocycles. The molecule has 4 nitrogen and oxygen atoms in total. The van der Waals surface area contributed by atoms with Crippen LogP contribution in [0.5, 0.6) is 0 Å². The Balaban J connectivity index is 1.95. The zero-order valence-corrected chi connectivity index (χ0v) is 11.1. The number of nitrogens with two attached hydrogens (primary N) is 1. The van der Waals surface area contributed by atoms with Crippen molar-refractivity contribution < 1.29 is 9.60 Å². The summed E-state index contributed by atoms with van der Waals surface area (Å²) in [6, 6.07) is 5.02. The van der Waals surface area contributed by atoms with Crippen LogP contribution < -0.4 is 11.1 Å². The lowest BCUT2D eigenvalue weighted by Gasteiger charge is -2.07. The first kappa shape index (κ1) is 13.8. The van der Waals surface area contributed by atoms with Crippen molar-refractivity contribution in [1.82, 2.24) is 5.32 Å². The Morgan fingerprint density at radius 2 is 2.32 bits per heavy atom. The number of oxime groups is 1. The van der Waals surface area contributed by atoms with Gasteiger partial charge in [-0.2, -0.15) is 0 Å². The van der Waals surface area contributed by atoms with E-state index in [0.717, 1.165) is 11.5 Å². The van der Waals surface area contributed by atoms with Crippen LogP contribution in [-0.2, 0) is 6.54 Å². The molecule has 0 aliphatic heterocycles. The third-order valence-corrected chi connectivity index (χ3v) is 3.51. The summed E-state index contributed by atoms with van der Waals surface area (Å²) in [6.45, 7) is 2.79. The molecule has 19 heavy (non-hydrogen) atoms. The summed E-state index contributed by atoms with van der Waals surface area (Å²) < 4.78 is 13.4. The Morgan fingerprint density at radius 1 is 1.53 bits per heavy atom. The van der Waals surface area contributed by atoms with Crippen molar-refractivity contribution in [2.75, 3.05) is 0 Å². The minimum atomic E-state index is -0.373. The predicted octanol–water partition coefficient (Wildman–Crippen LogP) is 2.20. The Hall–Kier alpha value is -1.62. The van der Waals surface area contributed by atoms with E-state index in [1.807, 2.05) is 0 Å². The molecule has 1 saturated carbocycles. The molecule has 4 N–H and O–H groups in total. The average Bonchev–Trinajstić information content (AvgIpc) is 3.14. The highest BCUT2D eigenvalue weighted by Crippen LogP contribution is 2.34. The van der Waals surface area contributed by atoms with Gasteiger partial charge in [-0.25, -0.2) is 4.39 Å². The molecule has 5 heteroatoms. The maximum atomic E-state index is 13.4. The van der Waals surface area contributed by atoms with Crippen LogP contribution in [-0.4, -0.2) is 17.1 Å². The number of hydrogen-bond acceptors (Lipinski definition) is 3. The second kappa shape index (κ2) is 6.02. The summed E-state index contributed by atoms with van der Waals surface area (Å²) in [5.74, 6) is 0.319. The Morgan fingerprint density at radius 3 is 3.00 bits per heavy atom. The van der Waals surface area contributed by atoms with Gasteiger partial charge in [-0.15, -0.1) is 0 Å². The van der Waals surface area contributed by atoms with Gasteiger partial charge in [0.05, 0.1) is 0 Å². The second-order valence-electron chi connectivity index (χ2n) is 5.11. The molecule has 1 aliphatic rings. The van der Waals surface area contributed by atoms with Crippen LogP contribution in [0.3, 0.4) is 0 Å². The molecular formula is C14H20FN3O. The first-order valence-electron chi connectivity index (χ1n) is 6.64. The lowest BCUT2D eigenvalue weighted by atomic mass is 10.1. The van der Waals surface area contributed by atoms with Crippen LogP contribution in [0.25, 0.3) is 0 Å². The molecule has 1 aromatic rings. The SMILES string of the molecule is CCCC1CC1NCc1cc(F)cc(/C(N)=N/O)c1. The van der Waals surface area contributed by atoms with Crippen molar-refractivity contribution >= 4 is 5.84 Å². The molecule has 2 atom stereocenters. The van der Waals surface area contributed by atoms with E-state index in [0.29, 0.717) is 18.2 Å². The first-order valence-corrected chi connectivity index (χ1v) is 6.64. The number of halogens is 1. The van der Waals surface area contributed by atoms with Gasteiger partial charge < -0.3 is 16.3 Å². The van der Waals surface area contributed by atoms with Gasteiger partial charge in [0.25, 0.3) is 0 Å². The normalized spacial score (nSPS) is 22.5. The largest absolute Gasteiger partial charge is 0.409 e. The van der Waals surface area contributed by atoms with Crippen LogP contribution in [0.1, 0.15) is 37.3 Å². The van der Waals surface area contributed by atoms with E-state index in [1.165, 1.54) is 31.4 Å². The van der Waals surface area contributed by atoms with E-state index in [2.05, 4.69) is 17.4 Å². The fourth-order valence-corrected chi connectivity index (χ4v) is 2.39. The highest BCUT2D eigenvalue weighted by atomic mass is 19.1. The summed E-state index contributed by atoms with van der Waals surface area (Å²) >= 11 is 0. The van der Waals surface area contributed by atoms with Crippen molar-refractivity contribution in [3.63, 3.8) is 0 Å². The molecule has 1 aliphatic carbocycles. The standard InChI is InChI=1S/C14H20FN3O/c1-2-3-10-7-13(10)17-8-9-4-11(14(16)18-19)6-12(15)5-9/h4-6,10,13,17,19H,2-3,7-8H2,1H3,(H2,16,18). The highest BCUT2D eigenvalue weighted by Gasteiger charge is 2.35. The van der Waals surface area contributed by atoms with Crippen molar-refractivity contribution in [1.29, 1.82) is 0 Å². The maximum absolute atomic E-state index is 13.4. The monoisotopic (exact) mass is 265 g/mol. The van der Waals surface area contributed by atoms with Crippen LogP contribution in [0.2, 0.25) is 0 Å². The number of amidine groups is 1. The molecule has 0 aromatic heterocycles. The molecule has 2 rings (SSSR count). The molecule has 0 radical (unpaired) electrons. The van der Waals surface area contributed by atoms with Gasteiger partial charge in [-0.05, 0) is 42.5 Å². The molecular weight excluding hydrogens is 245 g/mol. The smallest absolute Gasteiger partial charge is 0.170 e. The summed E-state index contributed by atoms with van der Waals surface area (Å²) in [6.07, 6.45) is 3.66. The number of hydrogen-bond donors (Lipinski definition) is 3. The molecule has 1 fully saturated rings. The number of benzene rings is 1. The van der Waals surface area contributed by atoms with Crippen molar-refractivity contribution in [2.45, 2.75) is 38.8 Å². The van der Waals surface area contributed by atoms with Crippen LogP contribution in [0.15, 0.2) is 23.4 Å². The van der Waals surface area contributed by atoms with E-state index in [4.69, 9.17) is 10.9 Å². The van der Waals surface area contributed by atoms with E-state index in [1.54, 1.807) is 6.07 Å². The average molecular weight is 265 g/mol. The van der Waals surface area contributed by atoms with Gasteiger partial charge in [0.15, 0.2) is 5.84 Å². The van der Waals surface area contributed by atoms with Gasteiger partial charge in [0.2, 0.25) is 0 Å². The Kier molecular flexibility index (Phi) is 4.37. The molecule has 0 bridgehead atoms. The highest BCUT2D eigenvalue weighted by molar-refractivity contribution is 5.97. The number of nitrogens with one attached hydrogen (secondary N) is 1. The minimum Gasteiger partial charge on any atom is -0.409 e. The van der Waals surface area contributed by atoms with E-state index < -0.39 is 0 Å². The zero-order chi connectivity index (χ0) is 13.8. The second-order valence-corrected chi connectivity index (χ2v) is 5.11. The molecule has 104 valence electrons. The summed E-state index contributed by atoms with van der Waals surface area (Å²) in [4.78, 5) is 0. The van der Waals surface area contributed by atoms with Crippen LogP contribution in [0.4, 0.5) is 4.39 Å². The Bertz CT molecular complexity index is 476. The third-order valence-electron chi connectivity index (χ3n) is 3.51. The fourth-order valence-electron chi connectivity index (χ4n) is 2.39. The lowest BCUT2D eigenvalue weighted by molar-refractivity contribution is 0.318. The van der Waals surface area contributed by atoms with Crippen molar-refractivity contribution in [3.05, 3.63) is 35.1 Å². The zero-order valence-electron chi connectivity index (χ0n) is 11.1. The van der Waals surface area contributed by atoms with E-state index >= 15 is 0 Å². The quantitative estimate of drug-likeness (QED) is 0.319. The maximum Gasteiger partial charge on any atom is 0.170 e. The van der Waals surface area contributed by atoms with Gasteiger partial charge in [0.1, 0.15) is 5.82 Å². The number of nitrogens with zero attached hydrogens (tertiary/aromatic N) is 1. The van der Waals surface area contributed by atoms with Crippen LogP contribution >= 0.6 is 0 Å². The topological polar surface area (TPSA) is 70.6 Å². The van der Waals surface area contributed by atoms with Crippen molar-refractivity contribution in [2.24, 2.45) is 16.8 Å². The summed E-state index contributed by atoms with van der Waals surface area (Å²) in [7, 11) is 0. The predicted molar refractivity (Wildman–Crippen MR) is 72.6 cm³/mol.